The van der Waals surface area contributed by atoms with Gasteiger partial charge in [-0.3, -0.25) is 34.9 Å². The molecule has 1 heterocycles. The zero-order valence-corrected chi connectivity index (χ0v) is 14.2. The molecule has 27 heavy (non-hydrogen) atoms. The molecule has 4 amide bonds. The van der Waals surface area contributed by atoms with Crippen molar-refractivity contribution < 1.29 is 23.6 Å². The first-order valence-corrected chi connectivity index (χ1v) is 8.28. The van der Waals surface area contributed by atoms with Gasteiger partial charge in [-0.15, -0.1) is 0 Å². The van der Waals surface area contributed by atoms with E-state index in [-0.39, 0.29) is 36.8 Å². The standard InChI is InChI=1S/C19H16FN3O4/c20-15-9-4-3-8-14(15)17(25)22-21-16(24)10-5-11-23-18(26)12-6-1-2-7-13(12)19(23)27/h1-4,6-9H,5,10-11H2,(H,21,24)(H,22,25). The van der Waals surface area contributed by atoms with E-state index in [1.807, 2.05) is 0 Å². The monoisotopic (exact) mass is 369 g/mol. The average molecular weight is 369 g/mol. The van der Waals surface area contributed by atoms with E-state index in [4.69, 9.17) is 0 Å². The maximum Gasteiger partial charge on any atom is 0.272 e. The minimum Gasteiger partial charge on any atom is -0.274 e. The maximum atomic E-state index is 13.5. The predicted molar refractivity (Wildman–Crippen MR) is 93.1 cm³/mol. The van der Waals surface area contributed by atoms with E-state index in [0.29, 0.717) is 11.1 Å². The van der Waals surface area contributed by atoms with E-state index in [0.717, 1.165) is 11.0 Å². The molecule has 0 spiro atoms. The van der Waals surface area contributed by atoms with E-state index in [9.17, 15) is 23.6 Å². The van der Waals surface area contributed by atoms with Gasteiger partial charge in [0, 0.05) is 13.0 Å². The van der Waals surface area contributed by atoms with Gasteiger partial charge >= 0.3 is 0 Å². The van der Waals surface area contributed by atoms with Crippen molar-refractivity contribution in [2.45, 2.75) is 12.8 Å². The van der Waals surface area contributed by atoms with Gasteiger partial charge in [-0.2, -0.15) is 0 Å². The van der Waals surface area contributed by atoms with Gasteiger partial charge in [0.15, 0.2) is 0 Å². The third-order valence-corrected chi connectivity index (χ3v) is 4.10. The molecule has 0 saturated carbocycles. The van der Waals surface area contributed by atoms with E-state index in [2.05, 4.69) is 10.9 Å². The Bertz CT molecular complexity index is 894. The van der Waals surface area contributed by atoms with Crippen molar-refractivity contribution in [3.63, 3.8) is 0 Å². The normalized spacial score (nSPS) is 12.7. The van der Waals surface area contributed by atoms with Crippen LogP contribution in [-0.4, -0.2) is 35.1 Å². The van der Waals surface area contributed by atoms with Gasteiger partial charge in [0.25, 0.3) is 17.7 Å². The number of hydrogen-bond acceptors (Lipinski definition) is 4. The molecule has 2 N–H and O–H groups in total. The number of halogens is 1. The fraction of sp³-hybridized carbons (Fsp3) is 0.158. The highest BCUT2D eigenvalue weighted by Crippen LogP contribution is 2.22. The number of hydrazine groups is 1. The molecule has 0 aromatic heterocycles. The zero-order valence-electron chi connectivity index (χ0n) is 14.2. The van der Waals surface area contributed by atoms with Crippen LogP contribution < -0.4 is 10.9 Å². The van der Waals surface area contributed by atoms with Crippen LogP contribution in [0.3, 0.4) is 0 Å². The van der Waals surface area contributed by atoms with Gasteiger partial charge in [-0.1, -0.05) is 24.3 Å². The minimum absolute atomic E-state index is 0.0229. The van der Waals surface area contributed by atoms with Crippen LogP contribution in [0.15, 0.2) is 48.5 Å². The quantitative estimate of drug-likeness (QED) is 0.619. The Morgan fingerprint density at radius 1 is 0.889 bits per heavy atom. The predicted octanol–water partition coefficient (Wildman–Crippen LogP) is 1.66. The van der Waals surface area contributed by atoms with Gasteiger partial charge in [0.2, 0.25) is 5.91 Å². The molecule has 2 aromatic rings. The summed E-state index contributed by atoms with van der Waals surface area (Å²) in [5, 5.41) is 0. The van der Waals surface area contributed by atoms with Crippen LogP contribution in [0.5, 0.6) is 0 Å². The van der Waals surface area contributed by atoms with Crippen molar-refractivity contribution in [2.75, 3.05) is 6.54 Å². The Morgan fingerprint density at radius 2 is 1.48 bits per heavy atom. The molecule has 1 aliphatic heterocycles. The van der Waals surface area contributed by atoms with Crippen LogP contribution in [0.25, 0.3) is 0 Å². The molecule has 2 aromatic carbocycles. The van der Waals surface area contributed by atoms with Crippen molar-refractivity contribution in [1.82, 2.24) is 15.8 Å². The summed E-state index contributed by atoms with van der Waals surface area (Å²) in [6, 6.07) is 11.9. The van der Waals surface area contributed by atoms with E-state index < -0.39 is 17.6 Å². The first-order valence-electron chi connectivity index (χ1n) is 8.28. The van der Waals surface area contributed by atoms with Crippen LogP contribution in [0.1, 0.15) is 43.9 Å². The smallest absolute Gasteiger partial charge is 0.272 e. The molecule has 0 fully saturated rings. The highest BCUT2D eigenvalue weighted by Gasteiger charge is 2.34. The molecule has 0 bridgehead atoms. The summed E-state index contributed by atoms with van der Waals surface area (Å²) in [5.41, 5.74) is 4.81. The van der Waals surface area contributed by atoms with Gasteiger partial charge in [-0.05, 0) is 30.7 Å². The lowest BCUT2D eigenvalue weighted by Gasteiger charge is -2.13. The van der Waals surface area contributed by atoms with Crippen molar-refractivity contribution in [1.29, 1.82) is 0 Å². The van der Waals surface area contributed by atoms with E-state index >= 15 is 0 Å². The summed E-state index contributed by atoms with van der Waals surface area (Å²) in [5.74, 6) is -2.76. The summed E-state index contributed by atoms with van der Waals surface area (Å²) < 4.78 is 13.5. The third kappa shape index (κ3) is 3.84. The molecule has 0 aliphatic carbocycles. The van der Waals surface area contributed by atoms with Crippen LogP contribution in [-0.2, 0) is 4.79 Å². The minimum atomic E-state index is -0.776. The summed E-state index contributed by atoms with van der Waals surface area (Å²) in [4.78, 5) is 49.1. The van der Waals surface area contributed by atoms with Crippen LogP contribution >= 0.6 is 0 Å². The van der Waals surface area contributed by atoms with Crippen LogP contribution in [0.4, 0.5) is 4.39 Å². The van der Waals surface area contributed by atoms with Gasteiger partial charge in [0.05, 0.1) is 16.7 Å². The number of carbonyl (C=O) groups excluding carboxylic acids is 4. The largest absolute Gasteiger partial charge is 0.274 e. The topological polar surface area (TPSA) is 95.6 Å². The second-order valence-corrected chi connectivity index (χ2v) is 5.89. The third-order valence-electron chi connectivity index (χ3n) is 4.10. The molecule has 3 rings (SSSR count). The molecule has 0 atom stereocenters. The lowest BCUT2D eigenvalue weighted by Crippen LogP contribution is -2.42. The van der Waals surface area contributed by atoms with Gasteiger partial charge in [0.1, 0.15) is 5.82 Å². The second kappa shape index (κ2) is 7.77. The summed E-state index contributed by atoms with van der Waals surface area (Å²) in [7, 11) is 0. The molecular formula is C19H16FN3O4. The number of nitrogens with zero attached hydrogens (tertiary/aromatic N) is 1. The molecule has 0 radical (unpaired) electrons. The molecule has 0 saturated heterocycles. The average Bonchev–Trinajstić information content (AvgIpc) is 2.91. The fourth-order valence-corrected chi connectivity index (χ4v) is 2.74. The molecule has 8 heteroatoms. The SMILES string of the molecule is O=C(CCCN1C(=O)c2ccccc2C1=O)NNC(=O)c1ccccc1F. The number of benzene rings is 2. The lowest BCUT2D eigenvalue weighted by molar-refractivity contribution is -0.122. The first-order chi connectivity index (χ1) is 13.0. The lowest BCUT2D eigenvalue weighted by atomic mass is 10.1. The maximum absolute atomic E-state index is 13.5. The van der Waals surface area contributed by atoms with Crippen molar-refractivity contribution in [3.05, 3.63) is 71.0 Å². The van der Waals surface area contributed by atoms with Crippen LogP contribution in [0.2, 0.25) is 0 Å². The van der Waals surface area contributed by atoms with Gasteiger partial charge < -0.3 is 0 Å². The fourth-order valence-electron chi connectivity index (χ4n) is 2.74. The van der Waals surface area contributed by atoms with Gasteiger partial charge in [-0.25, -0.2) is 4.39 Å². The Kier molecular flexibility index (Phi) is 5.25. The molecule has 0 unspecified atom stereocenters. The van der Waals surface area contributed by atoms with Crippen molar-refractivity contribution in [2.24, 2.45) is 0 Å². The van der Waals surface area contributed by atoms with E-state index in [1.54, 1.807) is 24.3 Å². The van der Waals surface area contributed by atoms with E-state index in [1.165, 1.54) is 18.2 Å². The number of carbonyl (C=O) groups is 4. The number of nitrogens with one attached hydrogen (secondary N) is 2. The first kappa shape index (κ1) is 18.2. The molecule has 1 aliphatic rings. The highest BCUT2D eigenvalue weighted by molar-refractivity contribution is 6.21. The molecular weight excluding hydrogens is 353 g/mol. The Hall–Kier alpha value is -3.55. The number of rotatable bonds is 5. The second-order valence-electron chi connectivity index (χ2n) is 5.89. The number of fused-ring (bicyclic) bond motifs is 1. The highest BCUT2D eigenvalue weighted by atomic mass is 19.1. The van der Waals surface area contributed by atoms with Crippen molar-refractivity contribution in [3.8, 4) is 0 Å². The summed E-state index contributed by atoms with van der Waals surface area (Å²) >= 11 is 0. The van der Waals surface area contributed by atoms with Crippen molar-refractivity contribution >= 4 is 23.6 Å². The Morgan fingerprint density at radius 3 is 2.11 bits per heavy atom. The van der Waals surface area contributed by atoms with Crippen LogP contribution in [0, 0.1) is 5.82 Å². The number of hydrogen-bond donors (Lipinski definition) is 2. The Balaban J connectivity index is 1.45. The number of amides is 4. The molecule has 138 valence electrons. The number of imide groups is 1. The zero-order chi connectivity index (χ0) is 19.4. The molecule has 7 nitrogen and oxygen atoms in total. The summed E-state index contributed by atoms with van der Waals surface area (Å²) in [6.07, 6.45) is 0.206. The summed E-state index contributed by atoms with van der Waals surface area (Å²) in [6.45, 7) is 0.0844. The Labute approximate surface area is 154 Å².